The van der Waals surface area contributed by atoms with E-state index in [0.29, 0.717) is 16.7 Å². The predicted octanol–water partition coefficient (Wildman–Crippen LogP) is 3.12. The third-order valence-corrected chi connectivity index (χ3v) is 3.51. The first-order valence-corrected chi connectivity index (χ1v) is 6.64. The van der Waals surface area contributed by atoms with Crippen LogP contribution >= 0.6 is 0 Å². The SMILES string of the molecule is Cc1cc([N+](=O)[O-])cc(Cc2cc(C)c(O)c([N+](=O)[O-])c2)c1O. The van der Waals surface area contributed by atoms with E-state index in [1.165, 1.54) is 38.1 Å². The molecule has 0 radical (unpaired) electrons. The van der Waals surface area contributed by atoms with Crippen molar-refractivity contribution in [3.63, 3.8) is 0 Å². The largest absolute Gasteiger partial charge is 0.507 e. The molecular weight excluding hydrogens is 304 g/mol. The second kappa shape index (κ2) is 5.91. The lowest BCUT2D eigenvalue weighted by atomic mass is 9.98. The molecule has 0 saturated heterocycles. The van der Waals surface area contributed by atoms with Gasteiger partial charge in [0.25, 0.3) is 5.69 Å². The molecule has 0 aliphatic carbocycles. The molecule has 2 aromatic rings. The zero-order chi connectivity index (χ0) is 17.3. The molecule has 0 aromatic heterocycles. The summed E-state index contributed by atoms with van der Waals surface area (Å²) in [6.07, 6.45) is 0.0658. The van der Waals surface area contributed by atoms with Crippen molar-refractivity contribution in [1.82, 2.24) is 0 Å². The van der Waals surface area contributed by atoms with Crippen LogP contribution < -0.4 is 0 Å². The summed E-state index contributed by atoms with van der Waals surface area (Å²) < 4.78 is 0. The van der Waals surface area contributed by atoms with Gasteiger partial charge in [-0.05, 0) is 30.5 Å². The van der Waals surface area contributed by atoms with Crippen LogP contribution in [0, 0.1) is 34.1 Å². The lowest BCUT2D eigenvalue weighted by Crippen LogP contribution is -1.98. The lowest BCUT2D eigenvalue weighted by Gasteiger charge is -2.09. The summed E-state index contributed by atoms with van der Waals surface area (Å²) in [5.74, 6) is -0.512. The van der Waals surface area contributed by atoms with Crippen molar-refractivity contribution >= 4 is 11.4 Å². The van der Waals surface area contributed by atoms with Crippen molar-refractivity contribution in [2.45, 2.75) is 20.3 Å². The van der Waals surface area contributed by atoms with Crippen molar-refractivity contribution in [2.75, 3.05) is 0 Å². The van der Waals surface area contributed by atoms with Gasteiger partial charge in [-0.25, -0.2) is 0 Å². The molecular formula is C15H14N2O6. The highest BCUT2D eigenvalue weighted by Gasteiger charge is 2.19. The van der Waals surface area contributed by atoms with E-state index in [0.717, 1.165) is 0 Å². The van der Waals surface area contributed by atoms with Gasteiger partial charge in [0, 0.05) is 30.2 Å². The molecule has 0 fully saturated rings. The van der Waals surface area contributed by atoms with Gasteiger partial charge in [0.05, 0.1) is 9.85 Å². The molecule has 23 heavy (non-hydrogen) atoms. The number of aryl methyl sites for hydroxylation is 2. The van der Waals surface area contributed by atoms with Crippen LogP contribution in [-0.2, 0) is 6.42 Å². The molecule has 2 N–H and O–H groups in total. The van der Waals surface area contributed by atoms with Gasteiger partial charge in [-0.15, -0.1) is 0 Å². The van der Waals surface area contributed by atoms with E-state index in [-0.39, 0.29) is 23.4 Å². The fourth-order valence-electron chi connectivity index (χ4n) is 2.37. The molecule has 0 aliphatic rings. The fourth-order valence-corrected chi connectivity index (χ4v) is 2.37. The van der Waals surface area contributed by atoms with E-state index >= 15 is 0 Å². The van der Waals surface area contributed by atoms with Gasteiger partial charge in [0.2, 0.25) is 0 Å². The Balaban J connectivity index is 2.51. The van der Waals surface area contributed by atoms with Crippen LogP contribution in [0.15, 0.2) is 24.3 Å². The Bertz CT molecular complexity index is 816. The van der Waals surface area contributed by atoms with Crippen LogP contribution in [0.5, 0.6) is 11.5 Å². The molecule has 8 heteroatoms. The maximum Gasteiger partial charge on any atom is 0.311 e. The number of benzene rings is 2. The van der Waals surface area contributed by atoms with E-state index < -0.39 is 21.3 Å². The molecule has 0 spiro atoms. The number of aromatic hydroxyl groups is 2. The summed E-state index contributed by atoms with van der Waals surface area (Å²) in [6, 6.07) is 5.21. The highest BCUT2D eigenvalue weighted by Crippen LogP contribution is 2.34. The Kier molecular flexibility index (Phi) is 4.17. The van der Waals surface area contributed by atoms with E-state index in [9.17, 15) is 30.4 Å². The molecule has 2 aromatic carbocycles. The first-order chi connectivity index (χ1) is 10.7. The zero-order valence-electron chi connectivity index (χ0n) is 12.4. The molecule has 0 heterocycles. The minimum absolute atomic E-state index is 0.0658. The van der Waals surface area contributed by atoms with E-state index in [1.54, 1.807) is 0 Å². The first kappa shape index (κ1) is 16.2. The van der Waals surface area contributed by atoms with E-state index in [2.05, 4.69) is 0 Å². The highest BCUT2D eigenvalue weighted by molar-refractivity contribution is 5.55. The minimum Gasteiger partial charge on any atom is -0.507 e. The third kappa shape index (κ3) is 3.20. The maximum absolute atomic E-state index is 10.9. The summed E-state index contributed by atoms with van der Waals surface area (Å²) in [6.45, 7) is 3.06. The Morgan fingerprint density at radius 2 is 1.52 bits per heavy atom. The molecule has 0 amide bonds. The van der Waals surface area contributed by atoms with Crippen LogP contribution in [0.25, 0.3) is 0 Å². The summed E-state index contributed by atoms with van der Waals surface area (Å²) in [7, 11) is 0. The van der Waals surface area contributed by atoms with Gasteiger partial charge < -0.3 is 10.2 Å². The molecule has 0 saturated carbocycles. The highest BCUT2D eigenvalue weighted by atomic mass is 16.6. The second-order valence-electron chi connectivity index (χ2n) is 5.24. The number of hydrogen-bond donors (Lipinski definition) is 2. The normalized spacial score (nSPS) is 10.5. The number of hydrogen-bond acceptors (Lipinski definition) is 6. The lowest BCUT2D eigenvalue weighted by molar-refractivity contribution is -0.386. The van der Waals surface area contributed by atoms with E-state index in [1.807, 2.05) is 0 Å². The molecule has 120 valence electrons. The number of non-ortho nitro benzene ring substituents is 1. The number of nitro groups is 2. The van der Waals surface area contributed by atoms with Gasteiger partial charge in [-0.3, -0.25) is 20.2 Å². The summed E-state index contributed by atoms with van der Waals surface area (Å²) >= 11 is 0. The van der Waals surface area contributed by atoms with Crippen molar-refractivity contribution in [2.24, 2.45) is 0 Å². The summed E-state index contributed by atoms with van der Waals surface area (Å²) in [5, 5.41) is 41.6. The van der Waals surface area contributed by atoms with Gasteiger partial charge >= 0.3 is 5.69 Å². The van der Waals surface area contributed by atoms with Crippen molar-refractivity contribution in [3.05, 3.63) is 66.7 Å². The third-order valence-electron chi connectivity index (χ3n) is 3.51. The zero-order valence-corrected chi connectivity index (χ0v) is 12.4. The standard InChI is InChI=1S/C15H14N2O6/c1-8-3-10(6-13(15(8)19)17(22)23)5-11-7-12(16(20)21)4-9(2)14(11)18/h3-4,6-7,18-19H,5H2,1-2H3. The predicted molar refractivity (Wildman–Crippen MR) is 81.8 cm³/mol. The van der Waals surface area contributed by atoms with Gasteiger partial charge in [0.1, 0.15) is 5.75 Å². The van der Waals surface area contributed by atoms with Crippen LogP contribution in [0.3, 0.4) is 0 Å². The van der Waals surface area contributed by atoms with Crippen molar-refractivity contribution < 1.29 is 20.1 Å². The summed E-state index contributed by atoms with van der Waals surface area (Å²) in [4.78, 5) is 20.6. The Labute approximate surface area is 130 Å². The Morgan fingerprint density at radius 1 is 0.913 bits per heavy atom. The van der Waals surface area contributed by atoms with Gasteiger partial charge in [-0.1, -0.05) is 6.07 Å². The Morgan fingerprint density at radius 3 is 2.09 bits per heavy atom. The second-order valence-corrected chi connectivity index (χ2v) is 5.24. The smallest absolute Gasteiger partial charge is 0.311 e. The fraction of sp³-hybridized carbons (Fsp3) is 0.200. The van der Waals surface area contributed by atoms with Crippen molar-refractivity contribution in [3.8, 4) is 11.5 Å². The number of rotatable bonds is 4. The molecule has 0 bridgehead atoms. The number of phenolic OH excluding ortho intramolecular Hbond substituents is 2. The van der Waals surface area contributed by atoms with Crippen molar-refractivity contribution in [1.29, 1.82) is 0 Å². The average molecular weight is 318 g/mol. The molecule has 0 atom stereocenters. The minimum atomic E-state index is -0.704. The van der Waals surface area contributed by atoms with E-state index in [4.69, 9.17) is 0 Å². The van der Waals surface area contributed by atoms with Crippen LogP contribution in [0.2, 0.25) is 0 Å². The Hall–Kier alpha value is -3.16. The number of nitrogens with zero attached hydrogens (tertiary/aromatic N) is 2. The first-order valence-electron chi connectivity index (χ1n) is 6.64. The average Bonchev–Trinajstić information content (AvgIpc) is 2.46. The van der Waals surface area contributed by atoms with Gasteiger partial charge in [0.15, 0.2) is 5.75 Å². The topological polar surface area (TPSA) is 127 Å². The monoisotopic (exact) mass is 318 g/mol. The molecule has 8 nitrogen and oxygen atoms in total. The maximum atomic E-state index is 10.9. The number of phenols is 2. The number of nitro benzene ring substituents is 2. The molecule has 0 unspecified atom stereocenters. The molecule has 0 aliphatic heterocycles. The van der Waals surface area contributed by atoms with Crippen LogP contribution in [0.4, 0.5) is 11.4 Å². The summed E-state index contributed by atoms with van der Waals surface area (Å²) in [5.41, 5.74) is 0.801. The quantitative estimate of drug-likeness (QED) is 0.658. The molecule has 2 rings (SSSR count). The van der Waals surface area contributed by atoms with Gasteiger partial charge in [-0.2, -0.15) is 0 Å². The van der Waals surface area contributed by atoms with Crippen LogP contribution in [0.1, 0.15) is 22.3 Å². The van der Waals surface area contributed by atoms with Crippen LogP contribution in [-0.4, -0.2) is 20.1 Å².